The molecule has 14 heavy (non-hydrogen) atoms. The van der Waals surface area contributed by atoms with E-state index in [0.717, 1.165) is 3.57 Å². The van der Waals surface area contributed by atoms with Crippen LogP contribution in [0.2, 0.25) is 0 Å². The summed E-state index contributed by atoms with van der Waals surface area (Å²) in [5.41, 5.74) is 6.45. The minimum atomic E-state index is -0.292. The molecule has 1 aromatic carbocycles. The molecular weight excluding hydrogens is 316 g/mol. The molecule has 0 aliphatic rings. The van der Waals surface area contributed by atoms with Crippen LogP contribution in [0.5, 0.6) is 5.75 Å². The van der Waals surface area contributed by atoms with Crippen molar-refractivity contribution >= 4 is 35.0 Å². The van der Waals surface area contributed by atoms with Crippen molar-refractivity contribution in [2.45, 2.75) is 12.5 Å². The maximum absolute atomic E-state index is 9.47. The van der Waals surface area contributed by atoms with E-state index in [1.54, 1.807) is 6.07 Å². The number of aliphatic hydroxyl groups is 1. The van der Waals surface area contributed by atoms with E-state index in [9.17, 15) is 5.11 Å². The number of halogens is 2. The number of hydrogen-bond acceptors (Lipinski definition) is 3. The van der Waals surface area contributed by atoms with Gasteiger partial charge < -0.3 is 15.9 Å². The Labute approximate surface area is 103 Å². The summed E-state index contributed by atoms with van der Waals surface area (Å²) in [6.07, 6.45) is 0.466. The molecule has 1 rings (SSSR count). The van der Waals surface area contributed by atoms with Gasteiger partial charge in [-0.3, -0.25) is 0 Å². The minimum absolute atomic E-state index is 0. The number of aliphatic hydroxyl groups excluding tert-OH is 1. The van der Waals surface area contributed by atoms with E-state index in [4.69, 9.17) is 10.8 Å². The lowest BCUT2D eigenvalue weighted by molar-refractivity contribution is 0.275. The monoisotopic (exact) mass is 329 g/mol. The normalized spacial score (nSPS) is 11.9. The van der Waals surface area contributed by atoms with Gasteiger partial charge in [-0.25, -0.2) is 0 Å². The lowest BCUT2D eigenvalue weighted by Gasteiger charge is -2.12. The maximum atomic E-state index is 9.47. The molecule has 0 saturated carbocycles. The quantitative estimate of drug-likeness (QED) is 0.741. The Kier molecular flexibility index (Phi) is 6.43. The van der Waals surface area contributed by atoms with Gasteiger partial charge in [0.2, 0.25) is 0 Å². The molecule has 0 radical (unpaired) electrons. The van der Waals surface area contributed by atoms with Crippen molar-refractivity contribution < 1.29 is 10.2 Å². The zero-order chi connectivity index (χ0) is 9.84. The fraction of sp³-hybridized carbons (Fsp3) is 0.333. The minimum Gasteiger partial charge on any atom is -0.508 e. The van der Waals surface area contributed by atoms with Gasteiger partial charge in [0.05, 0.1) is 0 Å². The summed E-state index contributed by atoms with van der Waals surface area (Å²) >= 11 is 2.15. The molecule has 0 spiro atoms. The summed E-state index contributed by atoms with van der Waals surface area (Å²) < 4.78 is 1.03. The highest BCUT2D eigenvalue weighted by Gasteiger charge is 2.10. The van der Waals surface area contributed by atoms with Crippen molar-refractivity contribution in [3.05, 3.63) is 27.3 Å². The van der Waals surface area contributed by atoms with E-state index in [1.165, 1.54) is 0 Å². The Morgan fingerprint density at radius 2 is 2.07 bits per heavy atom. The van der Waals surface area contributed by atoms with Crippen molar-refractivity contribution in [2.75, 3.05) is 6.61 Å². The Hall–Kier alpha value is -0.0400. The summed E-state index contributed by atoms with van der Waals surface area (Å²) in [4.78, 5) is 0. The standard InChI is InChI=1S/C9H12INO2.ClH/c10-6-1-2-9(13)7(5-6)8(11)3-4-12;/h1-2,5,8,12-13H,3-4,11H2;1H. The Morgan fingerprint density at radius 1 is 1.43 bits per heavy atom. The number of rotatable bonds is 3. The number of hydrogen-bond donors (Lipinski definition) is 3. The van der Waals surface area contributed by atoms with Gasteiger partial charge in [0.15, 0.2) is 0 Å². The van der Waals surface area contributed by atoms with Crippen molar-refractivity contribution in [1.29, 1.82) is 0 Å². The van der Waals surface area contributed by atoms with Crippen molar-refractivity contribution in [2.24, 2.45) is 5.73 Å². The van der Waals surface area contributed by atoms with Crippen molar-refractivity contribution in [3.63, 3.8) is 0 Å². The van der Waals surface area contributed by atoms with Gasteiger partial charge in [-0.15, -0.1) is 12.4 Å². The summed E-state index contributed by atoms with van der Waals surface area (Å²) in [5.74, 6) is 0.196. The number of nitrogens with two attached hydrogens (primary N) is 1. The fourth-order valence-electron chi connectivity index (χ4n) is 1.12. The van der Waals surface area contributed by atoms with Gasteiger partial charge in [-0.05, 0) is 47.2 Å². The Bertz CT molecular complexity index is 296. The second kappa shape index (κ2) is 6.44. The van der Waals surface area contributed by atoms with Crippen LogP contribution < -0.4 is 5.73 Å². The molecule has 1 aromatic rings. The fourth-order valence-corrected chi connectivity index (χ4v) is 1.63. The molecule has 3 nitrogen and oxygen atoms in total. The summed E-state index contributed by atoms with van der Waals surface area (Å²) in [6, 6.07) is 4.97. The molecule has 0 aliphatic heterocycles. The SMILES string of the molecule is Cl.NC(CCO)c1cc(I)ccc1O. The lowest BCUT2D eigenvalue weighted by Crippen LogP contribution is -2.12. The molecule has 0 aliphatic carbocycles. The lowest BCUT2D eigenvalue weighted by atomic mass is 10.0. The number of aromatic hydroxyl groups is 1. The Balaban J connectivity index is 0.00000169. The zero-order valence-corrected chi connectivity index (χ0v) is 10.5. The van der Waals surface area contributed by atoms with Crippen LogP contribution in [-0.2, 0) is 0 Å². The molecule has 0 bridgehead atoms. The molecule has 5 heteroatoms. The van der Waals surface area contributed by atoms with Crippen LogP contribution in [0.1, 0.15) is 18.0 Å². The van der Waals surface area contributed by atoms with Gasteiger partial charge in [0.25, 0.3) is 0 Å². The highest BCUT2D eigenvalue weighted by atomic mass is 127. The first kappa shape index (κ1) is 14.0. The van der Waals surface area contributed by atoms with Crippen LogP contribution in [0.3, 0.4) is 0 Å². The van der Waals surface area contributed by atoms with Gasteiger partial charge >= 0.3 is 0 Å². The predicted molar refractivity (Wildman–Crippen MR) is 66.7 cm³/mol. The van der Waals surface area contributed by atoms with Gasteiger partial charge in [0.1, 0.15) is 5.75 Å². The average Bonchev–Trinajstić information content (AvgIpc) is 2.09. The molecule has 0 fully saturated rings. The predicted octanol–water partition coefficient (Wildman–Crippen LogP) is 1.80. The first-order chi connectivity index (χ1) is 6.15. The highest BCUT2D eigenvalue weighted by Crippen LogP contribution is 2.26. The number of benzene rings is 1. The first-order valence-corrected chi connectivity index (χ1v) is 5.08. The number of phenolic OH excluding ortho intramolecular Hbond substituents is 1. The molecule has 0 amide bonds. The van der Waals surface area contributed by atoms with Crippen LogP contribution in [0.15, 0.2) is 18.2 Å². The summed E-state index contributed by atoms with van der Waals surface area (Å²) in [7, 11) is 0. The topological polar surface area (TPSA) is 66.5 Å². The van der Waals surface area contributed by atoms with E-state index in [1.807, 2.05) is 12.1 Å². The molecule has 1 atom stereocenters. The molecule has 0 aromatic heterocycles. The van der Waals surface area contributed by atoms with Crippen molar-refractivity contribution in [1.82, 2.24) is 0 Å². The van der Waals surface area contributed by atoms with E-state index >= 15 is 0 Å². The van der Waals surface area contributed by atoms with E-state index < -0.39 is 0 Å². The smallest absolute Gasteiger partial charge is 0.120 e. The van der Waals surface area contributed by atoms with Crippen LogP contribution in [-0.4, -0.2) is 16.8 Å². The third kappa shape index (κ3) is 3.61. The van der Waals surface area contributed by atoms with E-state index in [0.29, 0.717) is 12.0 Å². The summed E-state index contributed by atoms with van der Waals surface area (Å²) in [5, 5.41) is 18.2. The maximum Gasteiger partial charge on any atom is 0.120 e. The van der Waals surface area contributed by atoms with Gasteiger partial charge in [0, 0.05) is 21.8 Å². The van der Waals surface area contributed by atoms with Crippen LogP contribution >= 0.6 is 35.0 Å². The molecule has 4 N–H and O–H groups in total. The van der Waals surface area contributed by atoms with E-state index in [2.05, 4.69) is 22.6 Å². The molecule has 0 saturated heterocycles. The largest absolute Gasteiger partial charge is 0.508 e. The van der Waals surface area contributed by atoms with Crippen LogP contribution in [0.25, 0.3) is 0 Å². The number of phenols is 1. The van der Waals surface area contributed by atoms with Gasteiger partial charge in [-0.2, -0.15) is 0 Å². The second-order valence-corrected chi connectivity index (χ2v) is 4.07. The first-order valence-electron chi connectivity index (χ1n) is 4.00. The third-order valence-electron chi connectivity index (χ3n) is 1.83. The summed E-state index contributed by atoms with van der Waals surface area (Å²) in [6.45, 7) is 0.0338. The molecule has 0 heterocycles. The second-order valence-electron chi connectivity index (χ2n) is 2.82. The third-order valence-corrected chi connectivity index (χ3v) is 2.50. The average molecular weight is 330 g/mol. The molecule has 80 valence electrons. The van der Waals surface area contributed by atoms with Crippen LogP contribution in [0, 0.1) is 3.57 Å². The zero-order valence-electron chi connectivity index (χ0n) is 7.48. The van der Waals surface area contributed by atoms with Gasteiger partial charge in [-0.1, -0.05) is 0 Å². The highest BCUT2D eigenvalue weighted by molar-refractivity contribution is 14.1. The molecular formula is C9H13ClINO2. The van der Waals surface area contributed by atoms with Crippen LogP contribution in [0.4, 0.5) is 0 Å². The van der Waals surface area contributed by atoms with E-state index in [-0.39, 0.29) is 30.8 Å². The Morgan fingerprint density at radius 3 is 2.64 bits per heavy atom. The molecule has 1 unspecified atom stereocenters. The van der Waals surface area contributed by atoms with Crippen molar-refractivity contribution in [3.8, 4) is 5.75 Å².